The van der Waals surface area contributed by atoms with E-state index in [-0.39, 0.29) is 17.1 Å². The molecule has 0 aromatic heterocycles. The Hall–Kier alpha value is -3.27. The van der Waals surface area contributed by atoms with Gasteiger partial charge in [-0.3, -0.25) is 14.9 Å². The minimum atomic E-state index is -0.397. The molecule has 9 heteroatoms. The van der Waals surface area contributed by atoms with E-state index in [4.69, 9.17) is 21.7 Å². The van der Waals surface area contributed by atoms with Crippen LogP contribution in [0.5, 0.6) is 5.75 Å². The topological polar surface area (TPSA) is 88.7 Å². The Morgan fingerprint density at radius 2 is 1.69 bits per heavy atom. The van der Waals surface area contributed by atoms with Crippen LogP contribution in [0.1, 0.15) is 39.2 Å². The maximum Gasteiger partial charge on any atom is 0.257 e. The zero-order valence-electron chi connectivity index (χ0n) is 19.3. The fourth-order valence-corrected chi connectivity index (χ4v) is 3.91. The molecule has 0 heterocycles. The van der Waals surface area contributed by atoms with Crippen LogP contribution in [0.4, 0.5) is 5.69 Å². The Morgan fingerprint density at radius 1 is 0.971 bits per heavy atom. The summed E-state index contributed by atoms with van der Waals surface area (Å²) in [5.74, 6) is -0.0539. The zero-order valence-corrected chi connectivity index (χ0v) is 21.7. The average molecular weight is 556 g/mol. The highest BCUT2D eigenvalue weighted by Gasteiger charge is 2.16. The van der Waals surface area contributed by atoms with Gasteiger partial charge >= 0.3 is 0 Å². The van der Waals surface area contributed by atoms with Crippen LogP contribution in [-0.2, 0) is 4.74 Å². The molecular weight excluding hydrogens is 530 g/mol. The predicted molar refractivity (Wildman–Crippen MR) is 144 cm³/mol. The Balaban J connectivity index is 1.63. The number of hydrogen-bond donors (Lipinski definition) is 3. The van der Waals surface area contributed by atoms with E-state index < -0.39 is 5.91 Å². The fourth-order valence-electron chi connectivity index (χ4n) is 3.21. The lowest BCUT2D eigenvalue weighted by Gasteiger charge is -2.17. The largest absolute Gasteiger partial charge is 0.490 e. The van der Waals surface area contributed by atoms with E-state index >= 15 is 0 Å². The van der Waals surface area contributed by atoms with Crippen LogP contribution < -0.4 is 20.7 Å². The summed E-state index contributed by atoms with van der Waals surface area (Å²) in [7, 11) is 1.60. The van der Waals surface area contributed by atoms with Gasteiger partial charge in [-0.05, 0) is 71.0 Å². The third kappa shape index (κ3) is 7.61. The molecule has 0 bridgehead atoms. The summed E-state index contributed by atoms with van der Waals surface area (Å²) in [5.41, 5.74) is 2.28. The van der Waals surface area contributed by atoms with Gasteiger partial charge in [-0.25, -0.2) is 0 Å². The lowest BCUT2D eigenvalue weighted by molar-refractivity contribution is 0.0939. The molecule has 7 nitrogen and oxygen atoms in total. The molecule has 3 N–H and O–H groups in total. The standard InChI is InChI=1S/C26H26BrN3O4S/c1-17(18-8-4-3-5-9-18)28-25(32)20-10-6-7-11-22(20)29-26(35)30-24(31)19-12-13-23(21(27)16-19)34-15-14-33-2/h3-13,16-17H,14-15H2,1-2H3,(H,28,32)(H2,29,30,31,35). The van der Waals surface area contributed by atoms with Crippen molar-refractivity contribution in [2.75, 3.05) is 25.6 Å². The lowest BCUT2D eigenvalue weighted by atomic mass is 10.1. The normalized spacial score (nSPS) is 11.3. The highest BCUT2D eigenvalue weighted by molar-refractivity contribution is 9.10. The molecule has 3 rings (SSSR count). The monoisotopic (exact) mass is 555 g/mol. The molecule has 0 aliphatic heterocycles. The van der Waals surface area contributed by atoms with Gasteiger partial charge in [0.2, 0.25) is 0 Å². The number of anilines is 1. The quantitative estimate of drug-likeness (QED) is 0.251. The maximum absolute atomic E-state index is 12.9. The first-order valence-corrected chi connectivity index (χ1v) is 12.1. The third-order valence-electron chi connectivity index (χ3n) is 5.03. The van der Waals surface area contributed by atoms with E-state index in [0.717, 1.165) is 5.56 Å². The minimum Gasteiger partial charge on any atom is -0.490 e. The Bertz CT molecular complexity index is 1190. The molecule has 0 aliphatic carbocycles. The summed E-state index contributed by atoms with van der Waals surface area (Å²) in [6.07, 6.45) is 0. The van der Waals surface area contributed by atoms with Gasteiger partial charge in [-0.15, -0.1) is 0 Å². The van der Waals surface area contributed by atoms with Crippen molar-refractivity contribution in [3.63, 3.8) is 0 Å². The molecule has 0 fully saturated rings. The number of halogens is 1. The molecule has 1 atom stereocenters. The first kappa shape index (κ1) is 26.3. The molecule has 0 spiro atoms. The lowest BCUT2D eigenvalue weighted by Crippen LogP contribution is -2.35. The van der Waals surface area contributed by atoms with Crippen molar-refractivity contribution in [3.8, 4) is 5.75 Å². The molecular formula is C26H26BrN3O4S. The number of nitrogens with one attached hydrogen (secondary N) is 3. The van der Waals surface area contributed by atoms with E-state index in [2.05, 4.69) is 31.9 Å². The number of carbonyl (C=O) groups is 2. The molecule has 0 aliphatic rings. The molecule has 3 aromatic carbocycles. The fraction of sp³-hybridized carbons (Fsp3) is 0.192. The zero-order chi connectivity index (χ0) is 25.2. The highest BCUT2D eigenvalue weighted by atomic mass is 79.9. The summed E-state index contributed by atoms with van der Waals surface area (Å²) in [6, 6.07) is 21.5. The summed E-state index contributed by atoms with van der Waals surface area (Å²) in [5, 5.41) is 8.66. The maximum atomic E-state index is 12.9. The number of ether oxygens (including phenoxy) is 2. The van der Waals surface area contributed by atoms with Gasteiger partial charge in [0.05, 0.1) is 28.4 Å². The van der Waals surface area contributed by atoms with Gasteiger partial charge in [0.25, 0.3) is 11.8 Å². The number of methoxy groups -OCH3 is 1. The molecule has 0 saturated heterocycles. The highest BCUT2D eigenvalue weighted by Crippen LogP contribution is 2.26. The third-order valence-corrected chi connectivity index (χ3v) is 5.86. The minimum absolute atomic E-state index is 0.0721. The van der Waals surface area contributed by atoms with Crippen LogP contribution in [0.3, 0.4) is 0 Å². The summed E-state index contributed by atoms with van der Waals surface area (Å²) in [4.78, 5) is 25.6. The van der Waals surface area contributed by atoms with Crippen molar-refractivity contribution < 1.29 is 19.1 Å². The molecule has 0 saturated carbocycles. The molecule has 1 unspecified atom stereocenters. The number of carbonyl (C=O) groups excluding carboxylic acids is 2. The number of thiocarbonyl (C=S) groups is 1. The van der Waals surface area contributed by atoms with Gasteiger partial charge in [0.15, 0.2) is 5.11 Å². The van der Waals surface area contributed by atoms with Gasteiger partial charge in [-0.2, -0.15) is 0 Å². The van der Waals surface area contributed by atoms with Crippen LogP contribution in [0, 0.1) is 0 Å². The van der Waals surface area contributed by atoms with Gasteiger partial charge < -0.3 is 20.1 Å². The number of para-hydroxylation sites is 1. The summed E-state index contributed by atoms with van der Waals surface area (Å²) in [6.45, 7) is 2.77. The van der Waals surface area contributed by atoms with Gasteiger partial charge in [0.1, 0.15) is 12.4 Å². The van der Waals surface area contributed by atoms with E-state index in [1.54, 1.807) is 49.6 Å². The number of benzene rings is 3. The smallest absolute Gasteiger partial charge is 0.257 e. The molecule has 0 radical (unpaired) electrons. The van der Waals surface area contributed by atoms with E-state index in [9.17, 15) is 9.59 Å². The van der Waals surface area contributed by atoms with Crippen molar-refractivity contribution in [2.24, 2.45) is 0 Å². The number of hydrogen-bond acceptors (Lipinski definition) is 5. The van der Waals surface area contributed by atoms with Crippen molar-refractivity contribution in [2.45, 2.75) is 13.0 Å². The Kier molecular flexibility index (Phi) is 9.77. The second kappa shape index (κ2) is 13.0. The van der Waals surface area contributed by atoms with Crippen molar-refractivity contribution in [1.29, 1.82) is 0 Å². The van der Waals surface area contributed by atoms with E-state index in [1.807, 2.05) is 37.3 Å². The molecule has 35 heavy (non-hydrogen) atoms. The average Bonchev–Trinajstić information content (AvgIpc) is 2.85. The first-order chi connectivity index (χ1) is 16.9. The number of rotatable bonds is 9. The Labute approximate surface area is 218 Å². The summed E-state index contributed by atoms with van der Waals surface area (Å²) < 4.78 is 11.2. The van der Waals surface area contributed by atoms with Crippen LogP contribution in [0.15, 0.2) is 77.3 Å². The van der Waals surface area contributed by atoms with Crippen LogP contribution in [-0.4, -0.2) is 37.3 Å². The van der Waals surface area contributed by atoms with Crippen LogP contribution >= 0.6 is 28.1 Å². The van der Waals surface area contributed by atoms with Gasteiger partial charge in [-0.1, -0.05) is 42.5 Å². The SMILES string of the molecule is COCCOc1ccc(C(=O)NC(=S)Nc2ccccc2C(=O)NC(C)c2ccccc2)cc1Br. The molecule has 3 aromatic rings. The van der Waals surface area contributed by atoms with Crippen LogP contribution in [0.25, 0.3) is 0 Å². The molecule has 182 valence electrons. The molecule has 2 amide bonds. The Morgan fingerprint density at radius 3 is 2.40 bits per heavy atom. The van der Waals surface area contributed by atoms with E-state index in [1.165, 1.54) is 0 Å². The van der Waals surface area contributed by atoms with Crippen LogP contribution in [0.2, 0.25) is 0 Å². The first-order valence-electron chi connectivity index (χ1n) is 10.9. The number of amides is 2. The van der Waals surface area contributed by atoms with Crippen molar-refractivity contribution in [3.05, 3.63) is 94.0 Å². The van der Waals surface area contributed by atoms with E-state index in [0.29, 0.717) is 40.3 Å². The predicted octanol–water partition coefficient (Wildman–Crippen LogP) is 5.09. The van der Waals surface area contributed by atoms with Crippen molar-refractivity contribution in [1.82, 2.24) is 10.6 Å². The van der Waals surface area contributed by atoms with Gasteiger partial charge in [0, 0.05) is 12.7 Å². The second-order valence-corrected chi connectivity index (χ2v) is 8.81. The van der Waals surface area contributed by atoms with Crippen molar-refractivity contribution >= 4 is 50.8 Å². The summed E-state index contributed by atoms with van der Waals surface area (Å²) >= 11 is 8.74. The second-order valence-electron chi connectivity index (χ2n) is 7.55.